The first-order chi connectivity index (χ1) is 16.3. The van der Waals surface area contributed by atoms with Crippen molar-refractivity contribution in [1.82, 2.24) is 8.61 Å². The summed E-state index contributed by atoms with van der Waals surface area (Å²) in [6, 6.07) is 24.5. The van der Waals surface area contributed by atoms with Crippen LogP contribution in [0.15, 0.2) is 107 Å². The van der Waals surface area contributed by atoms with E-state index in [4.69, 9.17) is 0 Å². The van der Waals surface area contributed by atoms with Crippen LogP contribution < -0.4 is 0 Å². The maximum absolute atomic E-state index is 13.5. The van der Waals surface area contributed by atoms with E-state index in [0.29, 0.717) is 0 Å². The minimum absolute atomic E-state index is 0.00543. The van der Waals surface area contributed by atoms with Crippen LogP contribution in [-0.4, -0.2) is 51.1 Å². The molecule has 0 aliphatic carbocycles. The number of hydrogen-bond acceptors (Lipinski definition) is 4. The molecule has 4 aromatic rings. The zero-order chi connectivity index (χ0) is 23.9. The summed E-state index contributed by atoms with van der Waals surface area (Å²) in [6.07, 6.45) is 1.50. The van der Waals surface area contributed by atoms with Gasteiger partial charge in [-0.1, -0.05) is 66.7 Å². The Morgan fingerprint density at radius 2 is 1.18 bits per heavy atom. The molecule has 8 heteroatoms. The summed E-state index contributed by atoms with van der Waals surface area (Å²) in [4.78, 5) is 0.378. The molecule has 5 rings (SSSR count). The molecular weight excluding hydrogens is 468 g/mol. The number of hydrogen-bond donors (Lipinski definition) is 0. The van der Waals surface area contributed by atoms with Gasteiger partial charge in [0.25, 0.3) is 0 Å². The van der Waals surface area contributed by atoms with Crippen molar-refractivity contribution in [2.45, 2.75) is 15.8 Å². The first-order valence-corrected chi connectivity index (χ1v) is 13.8. The molecule has 1 aliphatic heterocycles. The molecule has 0 bridgehead atoms. The van der Waals surface area contributed by atoms with E-state index >= 15 is 0 Å². The van der Waals surface area contributed by atoms with Crippen LogP contribution in [-0.2, 0) is 20.0 Å². The normalized spacial score (nSPS) is 18.3. The molecule has 6 nitrogen and oxygen atoms in total. The lowest BCUT2D eigenvalue weighted by Crippen LogP contribution is -2.55. The van der Waals surface area contributed by atoms with E-state index in [1.807, 2.05) is 48.5 Å². The maximum atomic E-state index is 13.5. The molecule has 1 fully saturated rings. The average Bonchev–Trinajstić information content (AvgIpc) is 2.87. The van der Waals surface area contributed by atoms with Gasteiger partial charge in [0, 0.05) is 19.6 Å². The van der Waals surface area contributed by atoms with Crippen LogP contribution in [0.3, 0.4) is 0 Å². The average molecular weight is 493 g/mol. The lowest BCUT2D eigenvalue weighted by molar-refractivity contribution is 0.230. The van der Waals surface area contributed by atoms with Gasteiger partial charge in [0.15, 0.2) is 0 Å². The Hall–Kier alpha value is -3.04. The predicted molar refractivity (Wildman–Crippen MR) is 135 cm³/mol. The molecule has 34 heavy (non-hydrogen) atoms. The van der Waals surface area contributed by atoms with Crippen LogP contribution in [0, 0.1) is 0 Å². The van der Waals surface area contributed by atoms with Gasteiger partial charge in [-0.2, -0.15) is 8.61 Å². The fourth-order valence-corrected chi connectivity index (χ4v) is 7.52. The van der Waals surface area contributed by atoms with Crippen LogP contribution in [0.25, 0.3) is 21.5 Å². The van der Waals surface area contributed by atoms with Crippen LogP contribution >= 0.6 is 0 Å². The Morgan fingerprint density at radius 1 is 0.676 bits per heavy atom. The fourth-order valence-electron chi connectivity index (χ4n) is 4.42. The van der Waals surface area contributed by atoms with Crippen molar-refractivity contribution in [2.24, 2.45) is 0 Å². The molecule has 1 saturated heterocycles. The summed E-state index contributed by atoms with van der Waals surface area (Å²) in [7, 11) is -7.63. The van der Waals surface area contributed by atoms with E-state index in [1.54, 1.807) is 36.4 Å². The molecule has 1 atom stereocenters. The molecule has 0 aromatic heterocycles. The highest BCUT2D eigenvalue weighted by molar-refractivity contribution is 7.89. The Kier molecular flexibility index (Phi) is 5.77. The minimum atomic E-state index is -3.84. The van der Waals surface area contributed by atoms with Gasteiger partial charge in [-0.05, 0) is 45.8 Å². The van der Waals surface area contributed by atoms with Crippen LogP contribution in [0.5, 0.6) is 0 Å². The largest absolute Gasteiger partial charge is 0.243 e. The van der Waals surface area contributed by atoms with Crippen molar-refractivity contribution in [3.63, 3.8) is 0 Å². The quantitative estimate of drug-likeness (QED) is 0.391. The van der Waals surface area contributed by atoms with E-state index in [9.17, 15) is 16.8 Å². The van der Waals surface area contributed by atoms with Gasteiger partial charge in [0.05, 0.1) is 15.8 Å². The molecule has 1 aliphatic rings. The summed E-state index contributed by atoms with van der Waals surface area (Å²) in [5.41, 5.74) is 0. The topological polar surface area (TPSA) is 74.8 Å². The summed E-state index contributed by atoms with van der Waals surface area (Å²) in [6.45, 7) is 3.90. The van der Waals surface area contributed by atoms with Crippen molar-refractivity contribution in [1.29, 1.82) is 0 Å². The Balaban J connectivity index is 1.43. The Bertz CT molecular complexity index is 1610. The SMILES string of the molecule is C=C[C@@H]1CN(S(=O)(=O)c2ccc3ccccc3c2)CCN1S(=O)(=O)c1ccc2ccccc2c1. The maximum Gasteiger partial charge on any atom is 0.243 e. The third-order valence-corrected chi connectivity index (χ3v) is 10.1. The molecule has 0 unspecified atom stereocenters. The molecule has 1 heterocycles. The third-order valence-electron chi connectivity index (χ3n) is 6.29. The second-order valence-electron chi connectivity index (χ2n) is 8.30. The van der Waals surface area contributed by atoms with Crippen molar-refractivity contribution in [3.05, 3.63) is 97.6 Å². The molecule has 0 spiro atoms. The smallest absolute Gasteiger partial charge is 0.207 e. The summed E-state index contributed by atoms with van der Waals surface area (Å²) in [5.74, 6) is 0. The van der Waals surface area contributed by atoms with Gasteiger partial charge in [0.2, 0.25) is 20.0 Å². The van der Waals surface area contributed by atoms with Crippen molar-refractivity contribution in [2.75, 3.05) is 19.6 Å². The molecule has 4 aromatic carbocycles. The fraction of sp³-hybridized carbons (Fsp3) is 0.154. The standard InChI is InChI=1S/C26H24N2O4S2/c1-2-24-19-27(33(29,30)25-13-11-20-7-3-5-9-22(20)17-25)15-16-28(24)34(31,32)26-14-12-21-8-4-6-10-23(21)18-26/h2-14,17-18,24H,1,15-16,19H2/t24-/m1/s1. The molecular formula is C26H24N2O4S2. The van der Waals surface area contributed by atoms with Crippen LogP contribution in [0.1, 0.15) is 0 Å². The number of piperazine rings is 1. The second-order valence-corrected chi connectivity index (χ2v) is 12.1. The monoisotopic (exact) mass is 492 g/mol. The zero-order valence-electron chi connectivity index (χ0n) is 18.4. The number of rotatable bonds is 5. The molecule has 0 N–H and O–H groups in total. The van der Waals surface area contributed by atoms with E-state index < -0.39 is 26.1 Å². The predicted octanol–water partition coefficient (Wildman–Crippen LogP) is 4.24. The lowest BCUT2D eigenvalue weighted by Gasteiger charge is -2.38. The van der Waals surface area contributed by atoms with Crippen molar-refractivity contribution >= 4 is 41.6 Å². The number of fused-ring (bicyclic) bond motifs is 2. The lowest BCUT2D eigenvalue weighted by atomic mass is 10.1. The van der Waals surface area contributed by atoms with Gasteiger partial charge in [-0.3, -0.25) is 0 Å². The van der Waals surface area contributed by atoms with E-state index in [-0.39, 0.29) is 29.4 Å². The van der Waals surface area contributed by atoms with E-state index in [0.717, 1.165) is 21.5 Å². The Morgan fingerprint density at radius 3 is 1.71 bits per heavy atom. The highest BCUT2D eigenvalue weighted by atomic mass is 32.2. The van der Waals surface area contributed by atoms with Gasteiger partial charge in [-0.15, -0.1) is 6.58 Å². The molecule has 0 amide bonds. The minimum Gasteiger partial charge on any atom is -0.207 e. The second kappa shape index (κ2) is 8.63. The number of sulfonamides is 2. The third kappa shape index (κ3) is 3.92. The van der Waals surface area contributed by atoms with E-state index in [1.165, 1.54) is 14.7 Å². The first kappa shape index (κ1) is 22.7. The summed E-state index contributed by atoms with van der Waals surface area (Å²) < 4.78 is 56.4. The number of nitrogens with zero attached hydrogens (tertiary/aromatic N) is 2. The molecule has 174 valence electrons. The highest BCUT2D eigenvalue weighted by Gasteiger charge is 2.39. The van der Waals surface area contributed by atoms with Crippen LogP contribution in [0.4, 0.5) is 0 Å². The zero-order valence-corrected chi connectivity index (χ0v) is 20.0. The van der Waals surface area contributed by atoms with Gasteiger partial charge in [-0.25, -0.2) is 16.8 Å². The molecule has 0 radical (unpaired) electrons. The summed E-state index contributed by atoms with van der Waals surface area (Å²) >= 11 is 0. The highest BCUT2D eigenvalue weighted by Crippen LogP contribution is 2.28. The molecule has 0 saturated carbocycles. The van der Waals surface area contributed by atoms with E-state index in [2.05, 4.69) is 6.58 Å². The van der Waals surface area contributed by atoms with Gasteiger partial charge in [0.1, 0.15) is 0 Å². The van der Waals surface area contributed by atoms with Gasteiger partial charge < -0.3 is 0 Å². The number of benzene rings is 4. The summed E-state index contributed by atoms with van der Waals surface area (Å²) in [5, 5.41) is 3.57. The Labute approximate surface area is 199 Å². The van der Waals surface area contributed by atoms with Gasteiger partial charge >= 0.3 is 0 Å². The van der Waals surface area contributed by atoms with Crippen molar-refractivity contribution in [3.8, 4) is 0 Å². The van der Waals surface area contributed by atoms with Crippen molar-refractivity contribution < 1.29 is 16.8 Å². The first-order valence-electron chi connectivity index (χ1n) is 10.9. The van der Waals surface area contributed by atoms with Crippen LogP contribution in [0.2, 0.25) is 0 Å².